The quantitative estimate of drug-likeness (QED) is 0.0729. The van der Waals surface area contributed by atoms with Gasteiger partial charge in [0.25, 0.3) is 0 Å². The summed E-state index contributed by atoms with van der Waals surface area (Å²) >= 11 is 0. The number of methoxy groups -OCH3 is 2. The van der Waals surface area contributed by atoms with Crippen LogP contribution < -0.4 is 9.47 Å². The Labute approximate surface area is 288 Å². The van der Waals surface area contributed by atoms with Crippen LogP contribution in [-0.2, 0) is 33.7 Å². The Balaban J connectivity index is 1.17. The van der Waals surface area contributed by atoms with Gasteiger partial charge in [0, 0.05) is 23.6 Å². The smallest absolute Gasteiger partial charge is 0.338 e. The van der Waals surface area contributed by atoms with Gasteiger partial charge in [0.1, 0.15) is 12.4 Å². The molecule has 49 heavy (non-hydrogen) atoms. The first-order valence-corrected chi connectivity index (χ1v) is 16.8. The van der Waals surface area contributed by atoms with Crippen LogP contribution in [0.4, 0.5) is 0 Å². The number of hydrogen-bond acceptors (Lipinski definition) is 7. The molecule has 252 valence electrons. The predicted molar refractivity (Wildman–Crippen MR) is 192 cm³/mol. The summed E-state index contributed by atoms with van der Waals surface area (Å²) in [4.78, 5) is 29.1. The molecule has 0 aliphatic heterocycles. The van der Waals surface area contributed by atoms with Crippen LogP contribution >= 0.6 is 0 Å². The van der Waals surface area contributed by atoms with Crippen molar-refractivity contribution >= 4 is 11.9 Å². The minimum Gasteiger partial charge on any atom is -0.489 e. The second kappa shape index (κ2) is 18.2. The van der Waals surface area contributed by atoms with E-state index in [0.717, 1.165) is 71.2 Å². The average Bonchev–Trinajstić information content (AvgIpc) is 3.16. The molecule has 0 saturated heterocycles. The van der Waals surface area contributed by atoms with Crippen molar-refractivity contribution in [3.63, 3.8) is 0 Å². The monoisotopic (exact) mass is 657 g/mol. The van der Waals surface area contributed by atoms with Gasteiger partial charge in [0.2, 0.25) is 5.88 Å². The maximum atomic E-state index is 12.3. The number of benzene rings is 4. The van der Waals surface area contributed by atoms with Gasteiger partial charge >= 0.3 is 11.9 Å². The molecule has 0 aliphatic carbocycles. The lowest BCUT2D eigenvalue weighted by molar-refractivity contribution is -0.140. The molecular weight excluding hydrogens is 614 g/mol. The number of pyridine rings is 1. The van der Waals surface area contributed by atoms with E-state index in [1.54, 1.807) is 12.1 Å². The third-order valence-electron chi connectivity index (χ3n) is 8.41. The summed E-state index contributed by atoms with van der Waals surface area (Å²) in [5, 5.41) is 0. The van der Waals surface area contributed by atoms with E-state index in [0.29, 0.717) is 30.2 Å². The molecule has 0 fully saturated rings. The van der Waals surface area contributed by atoms with E-state index in [-0.39, 0.29) is 19.0 Å². The van der Waals surface area contributed by atoms with Crippen LogP contribution in [0.15, 0.2) is 115 Å². The van der Waals surface area contributed by atoms with Gasteiger partial charge in [0.15, 0.2) is 0 Å². The largest absolute Gasteiger partial charge is 0.489 e. The first kappa shape index (κ1) is 34.9. The number of esters is 2. The van der Waals surface area contributed by atoms with Crippen LogP contribution in [0.2, 0.25) is 0 Å². The van der Waals surface area contributed by atoms with Crippen molar-refractivity contribution in [1.29, 1.82) is 0 Å². The maximum absolute atomic E-state index is 12.3. The number of carbonyl (C=O) groups is 2. The van der Waals surface area contributed by atoms with E-state index >= 15 is 0 Å². The van der Waals surface area contributed by atoms with Crippen molar-refractivity contribution in [3.05, 3.63) is 138 Å². The van der Waals surface area contributed by atoms with Gasteiger partial charge in [-0.25, -0.2) is 9.78 Å². The Morgan fingerprint density at radius 2 is 1.31 bits per heavy atom. The Kier molecular flexibility index (Phi) is 13.0. The van der Waals surface area contributed by atoms with E-state index < -0.39 is 5.97 Å². The molecule has 0 amide bonds. The van der Waals surface area contributed by atoms with Crippen molar-refractivity contribution in [3.8, 4) is 34.0 Å². The molecule has 1 aromatic heterocycles. The predicted octanol–water partition coefficient (Wildman–Crippen LogP) is 9.07. The van der Waals surface area contributed by atoms with E-state index in [1.807, 2.05) is 66.7 Å². The zero-order chi connectivity index (χ0) is 34.3. The SMILES string of the molecule is COC(=O)CCc1c(CCCCCCOc2cc(-c3ccccc3)cc(-c3ccccc3)n2)cccc1OCc1ccccc1C(=O)OC. The van der Waals surface area contributed by atoms with Crippen molar-refractivity contribution in [2.75, 3.05) is 20.8 Å². The lowest BCUT2D eigenvalue weighted by atomic mass is 9.96. The summed E-state index contributed by atoms with van der Waals surface area (Å²) in [5.74, 6) is 0.658. The third kappa shape index (κ3) is 10.0. The molecule has 0 unspecified atom stereocenters. The molecule has 0 atom stereocenters. The molecule has 5 aromatic rings. The molecule has 0 saturated carbocycles. The van der Waals surface area contributed by atoms with Crippen LogP contribution in [0, 0.1) is 0 Å². The highest BCUT2D eigenvalue weighted by atomic mass is 16.5. The van der Waals surface area contributed by atoms with E-state index in [2.05, 4.69) is 36.4 Å². The Hall–Kier alpha value is -5.43. The summed E-state index contributed by atoms with van der Waals surface area (Å²) in [7, 11) is 2.77. The summed E-state index contributed by atoms with van der Waals surface area (Å²) < 4.78 is 22.3. The molecule has 0 bridgehead atoms. The van der Waals surface area contributed by atoms with Crippen LogP contribution in [-0.4, -0.2) is 37.7 Å². The minimum absolute atomic E-state index is 0.204. The fraction of sp³-hybridized carbons (Fsp3) is 0.262. The lowest BCUT2D eigenvalue weighted by Gasteiger charge is -2.17. The Morgan fingerprint density at radius 1 is 0.612 bits per heavy atom. The van der Waals surface area contributed by atoms with Crippen LogP contribution in [0.25, 0.3) is 22.4 Å². The number of aromatic nitrogens is 1. The van der Waals surface area contributed by atoms with Crippen molar-refractivity contribution in [2.45, 2.75) is 51.6 Å². The van der Waals surface area contributed by atoms with E-state index in [1.165, 1.54) is 14.2 Å². The topological polar surface area (TPSA) is 84.0 Å². The number of carbonyl (C=O) groups excluding carboxylic acids is 2. The number of hydrogen-bond donors (Lipinski definition) is 0. The second-order valence-electron chi connectivity index (χ2n) is 11.7. The zero-order valence-corrected chi connectivity index (χ0v) is 28.2. The molecule has 0 spiro atoms. The molecule has 4 aromatic carbocycles. The molecule has 7 nitrogen and oxygen atoms in total. The average molecular weight is 658 g/mol. The van der Waals surface area contributed by atoms with Crippen molar-refractivity contribution in [1.82, 2.24) is 4.98 Å². The highest BCUT2D eigenvalue weighted by molar-refractivity contribution is 5.90. The fourth-order valence-corrected chi connectivity index (χ4v) is 5.79. The van der Waals surface area contributed by atoms with Gasteiger partial charge in [-0.3, -0.25) is 4.79 Å². The Morgan fingerprint density at radius 3 is 2.06 bits per heavy atom. The number of unbranched alkanes of at least 4 members (excludes halogenated alkanes) is 3. The van der Waals surface area contributed by atoms with Crippen molar-refractivity contribution in [2.24, 2.45) is 0 Å². The van der Waals surface area contributed by atoms with E-state index in [4.69, 9.17) is 23.9 Å². The Bertz CT molecular complexity index is 1750. The fourth-order valence-electron chi connectivity index (χ4n) is 5.79. The summed E-state index contributed by atoms with van der Waals surface area (Å²) in [6.07, 6.45) is 5.56. The standard InChI is InChI=1S/C42H43NO6/c1-46-41(44)26-25-36-32(22-15-24-39(36)49-30-34-21-12-13-23-37(34)42(45)47-2)18-7-3-4-14-27-48-40-29-35(31-16-8-5-9-17-31)28-38(43-40)33-19-10-6-11-20-33/h5-6,8-13,15-17,19-24,28-29H,3-4,7,14,18,25-27,30H2,1-2H3. The van der Waals surface area contributed by atoms with Gasteiger partial charge in [-0.05, 0) is 66.1 Å². The molecule has 0 aliphatic rings. The highest BCUT2D eigenvalue weighted by Crippen LogP contribution is 2.30. The van der Waals surface area contributed by atoms with Crippen molar-refractivity contribution < 1.29 is 28.5 Å². The highest BCUT2D eigenvalue weighted by Gasteiger charge is 2.15. The normalized spacial score (nSPS) is 10.7. The van der Waals surface area contributed by atoms with Crippen LogP contribution in [0.3, 0.4) is 0 Å². The summed E-state index contributed by atoms with van der Waals surface area (Å²) in [5.41, 5.74) is 7.48. The molecule has 5 rings (SSSR count). The van der Waals surface area contributed by atoms with Gasteiger partial charge in [-0.2, -0.15) is 0 Å². The number of aryl methyl sites for hydroxylation is 1. The molecule has 1 heterocycles. The summed E-state index contributed by atoms with van der Waals surface area (Å²) in [6, 6.07) is 37.8. The first-order chi connectivity index (χ1) is 24.1. The number of rotatable bonds is 17. The van der Waals surface area contributed by atoms with Gasteiger partial charge in [-0.1, -0.05) is 104 Å². The number of ether oxygens (including phenoxy) is 4. The molecular formula is C42H43NO6. The molecule has 0 N–H and O–H groups in total. The zero-order valence-electron chi connectivity index (χ0n) is 28.2. The van der Waals surface area contributed by atoms with Gasteiger partial charge in [-0.15, -0.1) is 0 Å². The third-order valence-corrected chi connectivity index (χ3v) is 8.41. The van der Waals surface area contributed by atoms with Gasteiger partial charge < -0.3 is 18.9 Å². The van der Waals surface area contributed by atoms with Gasteiger partial charge in [0.05, 0.1) is 32.1 Å². The first-order valence-electron chi connectivity index (χ1n) is 16.8. The minimum atomic E-state index is -0.404. The lowest BCUT2D eigenvalue weighted by Crippen LogP contribution is -2.10. The molecule has 7 heteroatoms. The van der Waals surface area contributed by atoms with E-state index in [9.17, 15) is 9.59 Å². The number of nitrogens with zero attached hydrogens (tertiary/aromatic N) is 1. The van der Waals surface area contributed by atoms with Crippen LogP contribution in [0.5, 0.6) is 11.6 Å². The molecule has 0 radical (unpaired) electrons. The second-order valence-corrected chi connectivity index (χ2v) is 11.7. The summed E-state index contributed by atoms with van der Waals surface area (Å²) in [6.45, 7) is 0.788. The maximum Gasteiger partial charge on any atom is 0.338 e. The van der Waals surface area contributed by atoms with Crippen LogP contribution in [0.1, 0.15) is 59.2 Å².